The van der Waals surface area contributed by atoms with Crippen LogP contribution in [0.25, 0.3) is 0 Å². The maximum Gasteiger partial charge on any atom is 0.152 e. The Balaban J connectivity index is 2.86. The molecule has 1 rings (SSSR count). The molecule has 3 nitrogen and oxygen atoms in total. The monoisotopic (exact) mass is 248 g/mol. The van der Waals surface area contributed by atoms with Crippen LogP contribution in [0.2, 0.25) is 10.0 Å². The standard InChI is InChI=1S/C10H14Cl2N2O/c11-7-4-6(5-8(12)10(7)15)9(14)2-1-3-13/h4-5,9,15H,1-3,13-14H2/t9-/m0/s1. The Morgan fingerprint density at radius 1 is 1.27 bits per heavy atom. The van der Waals surface area contributed by atoms with E-state index in [1.54, 1.807) is 12.1 Å². The molecular weight excluding hydrogens is 235 g/mol. The Hall–Kier alpha value is -0.480. The van der Waals surface area contributed by atoms with E-state index in [0.29, 0.717) is 6.54 Å². The van der Waals surface area contributed by atoms with Crippen molar-refractivity contribution >= 4 is 23.2 Å². The minimum Gasteiger partial charge on any atom is -0.505 e. The van der Waals surface area contributed by atoms with E-state index in [9.17, 15) is 5.11 Å². The summed E-state index contributed by atoms with van der Waals surface area (Å²) in [7, 11) is 0. The Bertz CT molecular complexity index is 321. The molecule has 15 heavy (non-hydrogen) atoms. The predicted molar refractivity (Wildman–Crippen MR) is 63.3 cm³/mol. The van der Waals surface area contributed by atoms with Crippen molar-refractivity contribution in [1.29, 1.82) is 0 Å². The van der Waals surface area contributed by atoms with Crippen LogP contribution in [0.1, 0.15) is 24.4 Å². The van der Waals surface area contributed by atoms with Gasteiger partial charge in [-0.3, -0.25) is 0 Å². The maximum absolute atomic E-state index is 9.36. The highest BCUT2D eigenvalue weighted by molar-refractivity contribution is 6.37. The number of rotatable bonds is 4. The summed E-state index contributed by atoms with van der Waals surface area (Å²) < 4.78 is 0. The van der Waals surface area contributed by atoms with Crippen LogP contribution in [0.15, 0.2) is 12.1 Å². The van der Waals surface area contributed by atoms with Crippen LogP contribution in [0.5, 0.6) is 5.75 Å². The number of halogens is 2. The molecule has 84 valence electrons. The Morgan fingerprint density at radius 3 is 2.27 bits per heavy atom. The molecule has 0 aromatic heterocycles. The van der Waals surface area contributed by atoms with E-state index in [-0.39, 0.29) is 21.8 Å². The van der Waals surface area contributed by atoms with Gasteiger partial charge in [-0.2, -0.15) is 0 Å². The fraction of sp³-hybridized carbons (Fsp3) is 0.400. The first-order chi connectivity index (χ1) is 7.06. The van der Waals surface area contributed by atoms with Crippen molar-refractivity contribution in [3.8, 4) is 5.75 Å². The van der Waals surface area contributed by atoms with Crippen molar-refractivity contribution < 1.29 is 5.11 Å². The van der Waals surface area contributed by atoms with Gasteiger partial charge in [-0.1, -0.05) is 23.2 Å². The SMILES string of the molecule is NCCC[C@H](N)c1cc(Cl)c(O)c(Cl)c1. The highest BCUT2D eigenvalue weighted by atomic mass is 35.5. The molecule has 0 radical (unpaired) electrons. The molecule has 0 spiro atoms. The minimum atomic E-state index is -0.149. The van der Waals surface area contributed by atoms with Gasteiger partial charge >= 0.3 is 0 Å². The average Bonchev–Trinajstić information content (AvgIpc) is 2.21. The third kappa shape index (κ3) is 3.24. The number of phenols is 1. The van der Waals surface area contributed by atoms with Crippen molar-refractivity contribution in [3.05, 3.63) is 27.7 Å². The van der Waals surface area contributed by atoms with E-state index >= 15 is 0 Å². The molecule has 0 bridgehead atoms. The summed E-state index contributed by atoms with van der Waals surface area (Å²) in [4.78, 5) is 0. The molecule has 1 atom stereocenters. The van der Waals surface area contributed by atoms with Crippen molar-refractivity contribution in [2.75, 3.05) is 6.54 Å². The highest BCUT2D eigenvalue weighted by Crippen LogP contribution is 2.34. The van der Waals surface area contributed by atoms with Crippen LogP contribution in [-0.2, 0) is 0 Å². The summed E-state index contributed by atoms with van der Waals surface area (Å²) in [6.07, 6.45) is 1.62. The molecule has 0 aliphatic heterocycles. The fourth-order valence-electron chi connectivity index (χ4n) is 1.30. The van der Waals surface area contributed by atoms with Gasteiger partial charge in [0.25, 0.3) is 0 Å². The van der Waals surface area contributed by atoms with Gasteiger partial charge in [-0.25, -0.2) is 0 Å². The molecule has 0 aliphatic carbocycles. The lowest BCUT2D eigenvalue weighted by Crippen LogP contribution is -2.12. The van der Waals surface area contributed by atoms with Crippen LogP contribution in [0, 0.1) is 0 Å². The van der Waals surface area contributed by atoms with Gasteiger partial charge < -0.3 is 16.6 Å². The van der Waals surface area contributed by atoms with E-state index in [1.165, 1.54) is 0 Å². The van der Waals surface area contributed by atoms with E-state index in [2.05, 4.69) is 0 Å². The van der Waals surface area contributed by atoms with Crippen molar-refractivity contribution in [1.82, 2.24) is 0 Å². The summed E-state index contributed by atoms with van der Waals surface area (Å²) in [5.41, 5.74) is 12.1. The smallest absolute Gasteiger partial charge is 0.152 e. The van der Waals surface area contributed by atoms with Crippen molar-refractivity contribution in [2.24, 2.45) is 11.5 Å². The van der Waals surface area contributed by atoms with E-state index in [4.69, 9.17) is 34.7 Å². The minimum absolute atomic E-state index is 0.104. The third-order valence-corrected chi connectivity index (χ3v) is 2.76. The summed E-state index contributed by atoms with van der Waals surface area (Å²) in [5.74, 6) is -0.104. The topological polar surface area (TPSA) is 72.3 Å². The number of phenolic OH excluding ortho intramolecular Hbond substituents is 1. The molecule has 5 heteroatoms. The number of aromatic hydroxyl groups is 1. The van der Waals surface area contributed by atoms with Gasteiger partial charge in [0.2, 0.25) is 0 Å². The van der Waals surface area contributed by atoms with E-state index in [0.717, 1.165) is 18.4 Å². The lowest BCUT2D eigenvalue weighted by atomic mass is 10.0. The predicted octanol–water partition coefficient (Wildman–Crippen LogP) is 2.44. The van der Waals surface area contributed by atoms with Crippen LogP contribution >= 0.6 is 23.2 Å². The van der Waals surface area contributed by atoms with Gasteiger partial charge in [0.15, 0.2) is 5.75 Å². The molecule has 1 aromatic rings. The van der Waals surface area contributed by atoms with Crippen molar-refractivity contribution in [2.45, 2.75) is 18.9 Å². The second-order valence-corrected chi connectivity index (χ2v) is 4.18. The number of benzene rings is 1. The van der Waals surface area contributed by atoms with Gasteiger partial charge in [-0.05, 0) is 37.1 Å². The molecule has 0 heterocycles. The Morgan fingerprint density at radius 2 is 1.80 bits per heavy atom. The lowest BCUT2D eigenvalue weighted by molar-refractivity contribution is 0.475. The van der Waals surface area contributed by atoms with Crippen molar-refractivity contribution in [3.63, 3.8) is 0 Å². The van der Waals surface area contributed by atoms with E-state index < -0.39 is 0 Å². The zero-order valence-corrected chi connectivity index (χ0v) is 9.72. The van der Waals surface area contributed by atoms with Crippen LogP contribution < -0.4 is 11.5 Å². The quantitative estimate of drug-likeness (QED) is 0.767. The summed E-state index contributed by atoms with van der Waals surface area (Å²) >= 11 is 11.6. The van der Waals surface area contributed by atoms with E-state index in [1.807, 2.05) is 0 Å². The zero-order valence-electron chi connectivity index (χ0n) is 8.21. The molecule has 0 saturated carbocycles. The normalized spacial score (nSPS) is 12.8. The van der Waals surface area contributed by atoms with Gasteiger partial charge in [-0.15, -0.1) is 0 Å². The third-order valence-electron chi connectivity index (χ3n) is 2.19. The lowest BCUT2D eigenvalue weighted by Gasteiger charge is -2.13. The zero-order chi connectivity index (χ0) is 11.4. The average molecular weight is 249 g/mol. The molecule has 0 amide bonds. The Labute approximate surface area is 99.0 Å². The molecule has 0 unspecified atom stereocenters. The summed E-state index contributed by atoms with van der Waals surface area (Å²) in [6.45, 7) is 0.604. The first-order valence-electron chi connectivity index (χ1n) is 4.69. The second-order valence-electron chi connectivity index (χ2n) is 3.37. The van der Waals surface area contributed by atoms with Crippen LogP contribution in [0.3, 0.4) is 0 Å². The maximum atomic E-state index is 9.36. The largest absolute Gasteiger partial charge is 0.505 e. The number of hydrogen-bond donors (Lipinski definition) is 3. The molecule has 0 saturated heterocycles. The molecule has 0 fully saturated rings. The fourth-order valence-corrected chi connectivity index (χ4v) is 1.81. The first kappa shape index (κ1) is 12.6. The summed E-state index contributed by atoms with van der Waals surface area (Å²) in [6, 6.07) is 3.11. The van der Waals surface area contributed by atoms with Gasteiger partial charge in [0, 0.05) is 6.04 Å². The van der Waals surface area contributed by atoms with Crippen LogP contribution in [-0.4, -0.2) is 11.7 Å². The highest BCUT2D eigenvalue weighted by Gasteiger charge is 2.11. The van der Waals surface area contributed by atoms with Gasteiger partial charge in [0.05, 0.1) is 10.0 Å². The van der Waals surface area contributed by atoms with Crippen LogP contribution in [0.4, 0.5) is 0 Å². The molecule has 1 aromatic carbocycles. The number of hydrogen-bond acceptors (Lipinski definition) is 3. The molecular formula is C10H14Cl2N2O. The van der Waals surface area contributed by atoms with Gasteiger partial charge in [0.1, 0.15) is 0 Å². The summed E-state index contributed by atoms with van der Waals surface area (Å²) in [5, 5.41) is 9.81. The first-order valence-corrected chi connectivity index (χ1v) is 5.45. The Kier molecular flexibility index (Phi) is 4.67. The second kappa shape index (κ2) is 5.56. The molecule has 5 N–H and O–H groups in total. The number of nitrogens with two attached hydrogens (primary N) is 2. The molecule has 0 aliphatic rings.